The third-order valence-corrected chi connectivity index (χ3v) is 4.61. The van der Waals surface area contributed by atoms with Crippen LogP contribution in [0, 0.1) is 5.82 Å². The molecule has 0 radical (unpaired) electrons. The largest absolute Gasteiger partial charge is 0.493 e. The highest BCUT2D eigenvalue weighted by molar-refractivity contribution is 14.0. The highest BCUT2D eigenvalue weighted by atomic mass is 127. The highest BCUT2D eigenvalue weighted by Gasteiger charge is 2.10. The number of hydrogen-bond acceptors (Lipinski definition) is 3. The summed E-state index contributed by atoms with van der Waals surface area (Å²) in [6.07, 6.45) is 0.577. The Morgan fingerprint density at radius 2 is 1.74 bits per heavy atom. The number of ether oxygens (including phenoxy) is 2. The number of guanidine groups is 1. The Hall–Kier alpha value is -1.55. The Labute approximate surface area is 184 Å². The molecule has 0 heterocycles. The van der Waals surface area contributed by atoms with Crippen molar-refractivity contribution in [2.75, 3.05) is 27.8 Å². The van der Waals surface area contributed by atoms with Crippen molar-refractivity contribution < 1.29 is 13.9 Å². The minimum atomic E-state index is -0.188. The Kier molecular flexibility index (Phi) is 10.5. The monoisotopic (exact) mass is 551 g/mol. The van der Waals surface area contributed by atoms with Crippen molar-refractivity contribution in [1.29, 1.82) is 0 Å². The van der Waals surface area contributed by atoms with Crippen LogP contribution in [0.2, 0.25) is 0 Å². The van der Waals surface area contributed by atoms with Gasteiger partial charge in [0, 0.05) is 24.6 Å². The third kappa shape index (κ3) is 6.84. The molecule has 0 aliphatic carbocycles. The summed E-state index contributed by atoms with van der Waals surface area (Å²) in [4.78, 5) is 4.19. The van der Waals surface area contributed by atoms with Gasteiger partial charge in [-0.3, -0.25) is 4.99 Å². The molecular weight excluding hydrogens is 528 g/mol. The molecule has 2 N–H and O–H groups in total. The molecule has 27 heavy (non-hydrogen) atoms. The van der Waals surface area contributed by atoms with Crippen LogP contribution in [0.4, 0.5) is 4.39 Å². The van der Waals surface area contributed by atoms with Crippen LogP contribution in [0.5, 0.6) is 11.5 Å². The highest BCUT2D eigenvalue weighted by Crippen LogP contribution is 2.33. The van der Waals surface area contributed by atoms with Gasteiger partial charge in [-0.1, -0.05) is 34.1 Å². The number of nitrogens with one attached hydrogen (secondary N) is 2. The number of benzene rings is 2. The first kappa shape index (κ1) is 23.5. The summed E-state index contributed by atoms with van der Waals surface area (Å²) in [7, 11) is 4.90. The van der Waals surface area contributed by atoms with Gasteiger partial charge in [0.1, 0.15) is 5.82 Å². The van der Waals surface area contributed by atoms with Crippen molar-refractivity contribution in [3.8, 4) is 11.5 Å². The maximum absolute atomic E-state index is 13.6. The smallest absolute Gasteiger partial charge is 0.191 e. The second-order valence-electron chi connectivity index (χ2n) is 5.49. The van der Waals surface area contributed by atoms with Gasteiger partial charge in [-0.25, -0.2) is 4.39 Å². The van der Waals surface area contributed by atoms with E-state index in [4.69, 9.17) is 9.47 Å². The number of methoxy groups -OCH3 is 2. The minimum Gasteiger partial charge on any atom is -0.493 e. The van der Waals surface area contributed by atoms with Gasteiger partial charge >= 0.3 is 0 Å². The van der Waals surface area contributed by atoms with Gasteiger partial charge in [0.05, 0.1) is 14.2 Å². The first-order chi connectivity index (χ1) is 12.6. The number of aliphatic imine (C=N–C) groups is 1. The lowest BCUT2D eigenvalue weighted by atomic mass is 10.1. The standard InChI is InChI=1S/C19H23BrFN3O2.HI/c1-22-19(23-9-8-13-6-4-5-7-16(13)21)24-12-14-10-17(25-2)18(26-3)11-15(14)20;/h4-7,10-11H,8-9,12H2,1-3H3,(H2,22,23,24);1H. The predicted octanol–water partition coefficient (Wildman–Crippen LogP) is 4.13. The summed E-state index contributed by atoms with van der Waals surface area (Å²) in [6, 6.07) is 10.5. The molecule has 0 spiro atoms. The lowest BCUT2D eigenvalue weighted by Gasteiger charge is -2.15. The van der Waals surface area contributed by atoms with Crippen molar-refractivity contribution in [3.05, 3.63) is 57.8 Å². The van der Waals surface area contributed by atoms with E-state index in [0.29, 0.717) is 42.5 Å². The number of rotatable bonds is 7. The van der Waals surface area contributed by atoms with E-state index in [1.165, 1.54) is 6.07 Å². The van der Waals surface area contributed by atoms with Crippen molar-refractivity contribution in [2.24, 2.45) is 4.99 Å². The Balaban J connectivity index is 0.00000364. The van der Waals surface area contributed by atoms with Crippen molar-refractivity contribution in [3.63, 3.8) is 0 Å². The maximum Gasteiger partial charge on any atom is 0.191 e. The van der Waals surface area contributed by atoms with Crippen LogP contribution in [0.25, 0.3) is 0 Å². The third-order valence-electron chi connectivity index (χ3n) is 3.87. The summed E-state index contributed by atoms with van der Waals surface area (Å²) in [5, 5.41) is 6.42. The van der Waals surface area contributed by atoms with E-state index in [2.05, 4.69) is 31.6 Å². The number of nitrogens with zero attached hydrogens (tertiary/aromatic N) is 1. The van der Waals surface area contributed by atoms with Gasteiger partial charge in [-0.2, -0.15) is 0 Å². The van der Waals surface area contributed by atoms with E-state index < -0.39 is 0 Å². The fraction of sp³-hybridized carbons (Fsp3) is 0.316. The quantitative estimate of drug-likeness (QED) is 0.309. The summed E-state index contributed by atoms with van der Waals surface area (Å²) < 4.78 is 25.2. The molecule has 0 saturated carbocycles. The molecule has 2 aromatic rings. The molecule has 0 amide bonds. The molecule has 2 aromatic carbocycles. The van der Waals surface area contributed by atoms with Crippen molar-refractivity contribution in [2.45, 2.75) is 13.0 Å². The Morgan fingerprint density at radius 1 is 1.07 bits per heavy atom. The van der Waals surface area contributed by atoms with Gasteiger partial charge in [0.25, 0.3) is 0 Å². The van der Waals surface area contributed by atoms with Gasteiger partial charge in [0.2, 0.25) is 0 Å². The fourth-order valence-electron chi connectivity index (χ4n) is 2.45. The topological polar surface area (TPSA) is 54.9 Å². The zero-order chi connectivity index (χ0) is 18.9. The molecule has 0 aliphatic heterocycles. The molecule has 148 valence electrons. The van der Waals surface area contributed by atoms with Gasteiger partial charge in [-0.15, -0.1) is 24.0 Å². The SMILES string of the molecule is CN=C(NCCc1ccccc1F)NCc1cc(OC)c(OC)cc1Br.I. The van der Waals surface area contributed by atoms with E-state index in [0.717, 1.165) is 10.0 Å². The molecule has 0 bridgehead atoms. The summed E-state index contributed by atoms with van der Waals surface area (Å²) in [5.74, 6) is 1.78. The average Bonchev–Trinajstić information content (AvgIpc) is 2.66. The molecule has 0 fully saturated rings. The number of hydrogen-bond donors (Lipinski definition) is 2. The molecule has 0 aliphatic rings. The van der Waals surface area contributed by atoms with Crippen LogP contribution in [0.1, 0.15) is 11.1 Å². The van der Waals surface area contributed by atoms with Crippen LogP contribution in [-0.4, -0.2) is 33.8 Å². The van der Waals surface area contributed by atoms with E-state index in [1.54, 1.807) is 33.4 Å². The number of halogens is 3. The lowest BCUT2D eigenvalue weighted by Crippen LogP contribution is -2.38. The predicted molar refractivity (Wildman–Crippen MR) is 121 cm³/mol. The van der Waals surface area contributed by atoms with Gasteiger partial charge < -0.3 is 20.1 Å². The van der Waals surface area contributed by atoms with Gasteiger partial charge in [-0.05, 0) is 35.7 Å². The molecule has 2 rings (SSSR count). The molecular formula is C19H24BrFIN3O2. The molecule has 8 heteroatoms. The van der Waals surface area contributed by atoms with Crippen LogP contribution in [0.15, 0.2) is 45.9 Å². The zero-order valence-corrected chi connectivity index (χ0v) is 19.4. The first-order valence-corrected chi connectivity index (χ1v) is 8.96. The van der Waals surface area contributed by atoms with Crippen molar-refractivity contribution >= 4 is 45.9 Å². The summed E-state index contributed by atoms with van der Waals surface area (Å²) >= 11 is 3.54. The van der Waals surface area contributed by atoms with E-state index in [9.17, 15) is 4.39 Å². The Bertz CT molecular complexity index is 775. The molecule has 5 nitrogen and oxygen atoms in total. The lowest BCUT2D eigenvalue weighted by molar-refractivity contribution is 0.354. The zero-order valence-electron chi connectivity index (χ0n) is 15.5. The van der Waals surface area contributed by atoms with Crippen LogP contribution in [0.3, 0.4) is 0 Å². The fourth-order valence-corrected chi connectivity index (χ4v) is 2.91. The average molecular weight is 552 g/mol. The minimum absolute atomic E-state index is 0. The van der Waals surface area contributed by atoms with Crippen LogP contribution < -0.4 is 20.1 Å². The molecule has 0 aromatic heterocycles. The summed E-state index contributed by atoms with van der Waals surface area (Å²) in [5.41, 5.74) is 1.68. The molecule has 0 saturated heterocycles. The molecule has 0 atom stereocenters. The van der Waals surface area contributed by atoms with Crippen LogP contribution in [-0.2, 0) is 13.0 Å². The van der Waals surface area contributed by atoms with E-state index >= 15 is 0 Å². The maximum atomic E-state index is 13.6. The van der Waals surface area contributed by atoms with E-state index in [-0.39, 0.29) is 29.8 Å². The van der Waals surface area contributed by atoms with Crippen molar-refractivity contribution in [1.82, 2.24) is 10.6 Å². The second-order valence-corrected chi connectivity index (χ2v) is 6.35. The summed E-state index contributed by atoms with van der Waals surface area (Å²) in [6.45, 7) is 1.12. The van der Waals surface area contributed by atoms with Gasteiger partial charge in [0.15, 0.2) is 17.5 Å². The Morgan fingerprint density at radius 3 is 2.37 bits per heavy atom. The first-order valence-electron chi connectivity index (χ1n) is 8.17. The van der Waals surface area contributed by atoms with Crippen LogP contribution >= 0.6 is 39.9 Å². The second kappa shape index (κ2) is 12.0. The normalized spacial score (nSPS) is 10.8. The molecule has 0 unspecified atom stereocenters. The van der Waals surface area contributed by atoms with E-state index in [1.807, 2.05) is 18.2 Å².